The van der Waals surface area contributed by atoms with Crippen molar-refractivity contribution in [2.75, 3.05) is 19.8 Å². The first-order chi connectivity index (χ1) is 9.20. The Morgan fingerprint density at radius 2 is 2.26 bits per heavy atom. The number of hydrogen-bond donors (Lipinski definition) is 0. The van der Waals surface area contributed by atoms with Crippen LogP contribution < -0.4 is 0 Å². The van der Waals surface area contributed by atoms with Crippen LogP contribution in [0.4, 0.5) is 0 Å². The summed E-state index contributed by atoms with van der Waals surface area (Å²) in [5.41, 5.74) is 2.82. The lowest BCUT2D eigenvalue weighted by Crippen LogP contribution is -2.32. The maximum atomic E-state index is 6.00. The number of aryl methyl sites for hydroxylation is 2. The Morgan fingerprint density at radius 3 is 2.95 bits per heavy atom. The van der Waals surface area contributed by atoms with E-state index in [-0.39, 0.29) is 6.10 Å². The van der Waals surface area contributed by atoms with Crippen LogP contribution in [0, 0.1) is 6.92 Å². The van der Waals surface area contributed by atoms with Gasteiger partial charge in [0.1, 0.15) is 11.3 Å². The van der Waals surface area contributed by atoms with Crippen molar-refractivity contribution in [2.45, 2.75) is 25.5 Å². The second-order valence-corrected chi connectivity index (χ2v) is 4.99. The molecule has 0 aromatic carbocycles. The zero-order valence-electron chi connectivity index (χ0n) is 11.1. The normalized spacial score (nSPS) is 20.3. The highest BCUT2D eigenvalue weighted by Gasteiger charge is 2.21. The minimum absolute atomic E-state index is 0.0447. The van der Waals surface area contributed by atoms with Gasteiger partial charge < -0.3 is 14.0 Å². The van der Waals surface area contributed by atoms with E-state index in [4.69, 9.17) is 21.1 Å². The molecule has 2 aromatic heterocycles. The summed E-state index contributed by atoms with van der Waals surface area (Å²) in [5.74, 6) is 1.23. The highest BCUT2D eigenvalue weighted by molar-refractivity contribution is 6.16. The Bertz CT molecular complexity index is 586. The standard InChI is InChI=1S/C12H17ClN4O2/c1-8-11-12(16(2)15-8)17(10(5-13)14-11)6-9-7-18-3-4-19-9/h9H,3-7H2,1-2H3. The van der Waals surface area contributed by atoms with E-state index in [0.717, 1.165) is 22.7 Å². The molecule has 2 aromatic rings. The lowest BCUT2D eigenvalue weighted by molar-refractivity contribution is -0.0934. The topological polar surface area (TPSA) is 54.1 Å². The number of rotatable bonds is 3. The van der Waals surface area contributed by atoms with E-state index >= 15 is 0 Å². The molecule has 3 heterocycles. The van der Waals surface area contributed by atoms with Gasteiger partial charge in [-0.1, -0.05) is 0 Å². The van der Waals surface area contributed by atoms with Crippen molar-refractivity contribution < 1.29 is 9.47 Å². The van der Waals surface area contributed by atoms with Gasteiger partial charge in [-0.2, -0.15) is 5.10 Å². The second-order valence-electron chi connectivity index (χ2n) is 4.72. The van der Waals surface area contributed by atoms with Gasteiger partial charge in [0.25, 0.3) is 0 Å². The van der Waals surface area contributed by atoms with Crippen LogP contribution in [-0.4, -0.2) is 45.3 Å². The fourth-order valence-electron chi connectivity index (χ4n) is 2.52. The molecule has 19 heavy (non-hydrogen) atoms. The lowest BCUT2D eigenvalue weighted by atomic mass is 10.3. The minimum atomic E-state index is 0.0447. The highest BCUT2D eigenvalue weighted by atomic mass is 35.5. The highest BCUT2D eigenvalue weighted by Crippen LogP contribution is 2.21. The zero-order chi connectivity index (χ0) is 13.4. The Kier molecular flexibility index (Phi) is 3.47. The van der Waals surface area contributed by atoms with Crippen LogP contribution in [0.3, 0.4) is 0 Å². The monoisotopic (exact) mass is 284 g/mol. The molecule has 0 saturated carbocycles. The summed E-state index contributed by atoms with van der Waals surface area (Å²) in [5, 5.41) is 4.40. The van der Waals surface area contributed by atoms with Crippen LogP contribution in [0.5, 0.6) is 0 Å². The SMILES string of the molecule is Cc1nn(C)c2c1nc(CCl)n2CC1COCCO1. The molecule has 0 bridgehead atoms. The number of alkyl halides is 1. The van der Waals surface area contributed by atoms with Crippen molar-refractivity contribution >= 4 is 22.8 Å². The average Bonchev–Trinajstić information content (AvgIpc) is 2.91. The number of fused-ring (bicyclic) bond motifs is 1. The number of ether oxygens (including phenoxy) is 2. The van der Waals surface area contributed by atoms with Gasteiger partial charge in [-0.15, -0.1) is 11.6 Å². The number of aromatic nitrogens is 4. The van der Waals surface area contributed by atoms with Gasteiger partial charge in [0.05, 0.1) is 44.0 Å². The molecule has 0 N–H and O–H groups in total. The van der Waals surface area contributed by atoms with Gasteiger partial charge >= 0.3 is 0 Å². The molecule has 0 spiro atoms. The van der Waals surface area contributed by atoms with Crippen molar-refractivity contribution in [2.24, 2.45) is 7.05 Å². The van der Waals surface area contributed by atoms with E-state index in [1.807, 2.05) is 18.7 Å². The van der Waals surface area contributed by atoms with E-state index in [1.54, 1.807) is 0 Å². The van der Waals surface area contributed by atoms with Gasteiger partial charge in [0, 0.05) is 7.05 Å². The predicted octanol–water partition coefficient (Wildman–Crippen LogP) is 1.23. The van der Waals surface area contributed by atoms with E-state index in [1.165, 1.54) is 0 Å². The Hall–Kier alpha value is -1.11. The number of nitrogens with zero attached hydrogens (tertiary/aromatic N) is 4. The van der Waals surface area contributed by atoms with Crippen LogP contribution >= 0.6 is 11.6 Å². The molecule has 0 aliphatic carbocycles. The maximum absolute atomic E-state index is 6.00. The summed E-state index contributed by atoms with van der Waals surface area (Å²) < 4.78 is 15.1. The van der Waals surface area contributed by atoms with Gasteiger partial charge in [0.15, 0.2) is 5.65 Å². The number of hydrogen-bond acceptors (Lipinski definition) is 4. The number of imidazole rings is 1. The molecule has 0 amide bonds. The Balaban J connectivity index is 1.99. The van der Waals surface area contributed by atoms with Crippen molar-refractivity contribution in [3.05, 3.63) is 11.5 Å². The summed E-state index contributed by atoms with van der Waals surface area (Å²) in [4.78, 5) is 4.57. The van der Waals surface area contributed by atoms with E-state index < -0.39 is 0 Å². The first-order valence-corrected chi connectivity index (χ1v) is 6.88. The molecule has 7 heteroatoms. The van der Waals surface area contributed by atoms with E-state index in [9.17, 15) is 0 Å². The molecule has 1 fully saturated rings. The fourth-order valence-corrected chi connectivity index (χ4v) is 2.72. The maximum Gasteiger partial charge on any atom is 0.158 e. The summed E-state index contributed by atoms with van der Waals surface area (Å²) in [6.07, 6.45) is 0.0447. The van der Waals surface area contributed by atoms with Crippen molar-refractivity contribution in [3.63, 3.8) is 0 Å². The molecule has 6 nitrogen and oxygen atoms in total. The largest absolute Gasteiger partial charge is 0.376 e. The molecule has 0 radical (unpaired) electrons. The van der Waals surface area contributed by atoms with Gasteiger partial charge in [-0.25, -0.2) is 4.98 Å². The molecule has 1 saturated heterocycles. The smallest absolute Gasteiger partial charge is 0.158 e. The van der Waals surface area contributed by atoms with Crippen LogP contribution in [0.15, 0.2) is 0 Å². The lowest BCUT2D eigenvalue weighted by Gasteiger charge is -2.24. The third kappa shape index (κ3) is 2.24. The Labute approximate surface area is 116 Å². The number of halogens is 1. The van der Waals surface area contributed by atoms with E-state index in [2.05, 4.69) is 14.6 Å². The Morgan fingerprint density at radius 1 is 1.42 bits per heavy atom. The predicted molar refractivity (Wildman–Crippen MR) is 71.4 cm³/mol. The van der Waals surface area contributed by atoms with Gasteiger partial charge in [-0.05, 0) is 6.92 Å². The molecule has 104 valence electrons. The quantitative estimate of drug-likeness (QED) is 0.796. The van der Waals surface area contributed by atoms with E-state index in [0.29, 0.717) is 32.2 Å². The third-order valence-electron chi connectivity index (χ3n) is 3.36. The minimum Gasteiger partial charge on any atom is -0.376 e. The van der Waals surface area contributed by atoms with Crippen molar-refractivity contribution in [1.29, 1.82) is 0 Å². The fraction of sp³-hybridized carbons (Fsp3) is 0.667. The first kappa shape index (κ1) is 12.9. The van der Waals surface area contributed by atoms with Crippen LogP contribution in [0.2, 0.25) is 0 Å². The molecule has 1 aliphatic rings. The molecule has 1 atom stereocenters. The summed E-state index contributed by atoms with van der Waals surface area (Å²) in [7, 11) is 1.92. The zero-order valence-corrected chi connectivity index (χ0v) is 11.9. The van der Waals surface area contributed by atoms with Crippen molar-refractivity contribution in [3.8, 4) is 0 Å². The van der Waals surface area contributed by atoms with Gasteiger partial charge in [0.2, 0.25) is 0 Å². The second kappa shape index (κ2) is 5.11. The molecule has 3 rings (SSSR count). The molecular weight excluding hydrogens is 268 g/mol. The van der Waals surface area contributed by atoms with Crippen molar-refractivity contribution in [1.82, 2.24) is 19.3 Å². The van der Waals surface area contributed by atoms with Gasteiger partial charge in [-0.3, -0.25) is 4.68 Å². The molecule has 1 aliphatic heterocycles. The summed E-state index contributed by atoms with van der Waals surface area (Å²) in [6, 6.07) is 0. The summed E-state index contributed by atoms with van der Waals surface area (Å²) >= 11 is 6.00. The molecule has 1 unspecified atom stereocenters. The van der Waals surface area contributed by atoms with Crippen LogP contribution in [-0.2, 0) is 28.9 Å². The third-order valence-corrected chi connectivity index (χ3v) is 3.60. The molecular formula is C12H17ClN4O2. The average molecular weight is 285 g/mol. The summed E-state index contributed by atoms with van der Waals surface area (Å²) in [6.45, 7) is 4.57. The van der Waals surface area contributed by atoms with Crippen LogP contribution in [0.25, 0.3) is 11.2 Å². The first-order valence-electron chi connectivity index (χ1n) is 6.34. The van der Waals surface area contributed by atoms with Crippen LogP contribution in [0.1, 0.15) is 11.5 Å².